The van der Waals surface area contributed by atoms with Crippen LogP contribution in [0.15, 0.2) is 0 Å². The lowest BCUT2D eigenvalue weighted by molar-refractivity contribution is -0.448. The predicted molar refractivity (Wildman–Crippen MR) is 169 cm³/mol. The fourth-order valence-corrected chi connectivity index (χ4v) is 7.01. The number of carbonyl (C=O) groups excluding carboxylic acids is 2. The lowest BCUT2D eigenvalue weighted by atomic mass is 9.87. The summed E-state index contributed by atoms with van der Waals surface area (Å²) < 4.78 is 45.2. The van der Waals surface area contributed by atoms with E-state index in [2.05, 4.69) is 5.32 Å². The molecule has 21 atom stereocenters. The minimum absolute atomic E-state index is 0.155. The highest BCUT2D eigenvalue weighted by atomic mass is 16.9. The normalized spacial score (nSPS) is 47.0. The Bertz CT molecular complexity index is 1210. The molecule has 23 heteroatoms. The molecule has 0 aromatic rings. The molecule has 54 heavy (non-hydrogen) atoms. The van der Waals surface area contributed by atoms with Crippen molar-refractivity contribution in [2.45, 2.75) is 149 Å². The molecule has 4 saturated heterocycles. The van der Waals surface area contributed by atoms with Gasteiger partial charge in [-0.1, -0.05) is 6.92 Å². The van der Waals surface area contributed by atoms with Crippen LogP contribution < -0.4 is 5.32 Å². The summed E-state index contributed by atoms with van der Waals surface area (Å²) in [6, 6.07) is -1.53. The minimum atomic E-state index is -2.67. The van der Waals surface area contributed by atoms with Gasteiger partial charge < -0.3 is 104 Å². The highest BCUT2D eigenvalue weighted by Gasteiger charge is 2.58. The van der Waals surface area contributed by atoms with E-state index in [-0.39, 0.29) is 6.47 Å². The van der Waals surface area contributed by atoms with Crippen molar-refractivity contribution in [3.05, 3.63) is 0 Å². The Morgan fingerprint density at radius 1 is 0.796 bits per heavy atom. The first-order valence-electron chi connectivity index (χ1n) is 17.4. The van der Waals surface area contributed by atoms with E-state index in [1.807, 2.05) is 0 Å². The zero-order valence-electron chi connectivity index (χ0n) is 29.6. The fraction of sp³-hybridized carbons (Fsp3) is 0.935. The maximum atomic E-state index is 12.2. The van der Waals surface area contributed by atoms with Gasteiger partial charge in [0.25, 0.3) is 6.47 Å². The first-order chi connectivity index (χ1) is 25.5. The number of carbonyl (C=O) groups is 2. The smallest absolute Gasteiger partial charge is 0.332 e. The average Bonchev–Trinajstić information content (AvgIpc) is 3.14. The van der Waals surface area contributed by atoms with E-state index in [9.17, 15) is 70.9 Å². The van der Waals surface area contributed by atoms with Crippen molar-refractivity contribution in [3.8, 4) is 0 Å². The highest BCUT2D eigenvalue weighted by molar-refractivity contribution is 5.73. The topological polar surface area (TPSA) is 363 Å². The standard InChI is InChI=1S/C31H53NO22/c1-10-13(39)4-31(47-9-37,53-25(10)19(41)14(40)5-33)54-28-21(43)16(7-35)49-30(24(28)46)52-27-17(8-36)50-29(18(22(27)44)32-12(3)38)51-26-11(2)48-15(6-34)20(42)23(26)45/h9-11,13-30,33-36,39-46H,4-8H2,1-3H3,(H,32,38). The molecule has 23 nitrogen and oxygen atoms in total. The van der Waals surface area contributed by atoms with E-state index in [1.54, 1.807) is 0 Å². The van der Waals surface area contributed by atoms with Gasteiger partial charge in [0.15, 0.2) is 12.6 Å². The molecule has 1 amide bonds. The first-order valence-corrected chi connectivity index (χ1v) is 17.4. The van der Waals surface area contributed by atoms with Gasteiger partial charge in [0.05, 0.1) is 51.2 Å². The molecule has 4 fully saturated rings. The third kappa shape index (κ3) is 9.47. The molecule has 4 heterocycles. The maximum Gasteiger partial charge on any atom is 0.332 e. The second kappa shape index (κ2) is 19.1. The van der Waals surface area contributed by atoms with E-state index in [0.717, 1.165) is 6.92 Å². The SMILES string of the molecule is CC(=O)NC1C(OC2C(C)OC(CO)C(O)C2O)OC(CO)C(OC2OC(CO)C(O)C(OC3(OC=O)CC(O)C(C)C(C(O)C(O)CO)O3)C2O)C1O. The summed E-state index contributed by atoms with van der Waals surface area (Å²) in [6.07, 6.45) is -30.4. The summed E-state index contributed by atoms with van der Waals surface area (Å²) in [5.41, 5.74) is 0. The van der Waals surface area contributed by atoms with Gasteiger partial charge in [-0.25, -0.2) is 0 Å². The lowest BCUT2D eigenvalue weighted by Gasteiger charge is -2.51. The Hall–Kier alpha value is -1.82. The molecule has 13 N–H and O–H groups in total. The second-order valence-corrected chi connectivity index (χ2v) is 13.8. The lowest BCUT2D eigenvalue weighted by Crippen LogP contribution is -2.69. The third-order valence-corrected chi connectivity index (χ3v) is 10.1. The molecule has 4 rings (SSSR count). The Balaban J connectivity index is 1.59. The number of ether oxygens (including phenoxy) is 8. The number of aliphatic hydroxyl groups excluding tert-OH is 12. The fourth-order valence-electron chi connectivity index (χ4n) is 7.01. The molecule has 0 spiro atoms. The maximum absolute atomic E-state index is 12.2. The van der Waals surface area contributed by atoms with Crippen molar-refractivity contribution >= 4 is 12.4 Å². The number of nitrogens with one attached hydrogen (secondary N) is 1. The van der Waals surface area contributed by atoms with E-state index in [0.29, 0.717) is 0 Å². The van der Waals surface area contributed by atoms with Gasteiger partial charge in [0.2, 0.25) is 5.91 Å². The van der Waals surface area contributed by atoms with Crippen molar-refractivity contribution in [3.63, 3.8) is 0 Å². The summed E-state index contributed by atoms with van der Waals surface area (Å²) >= 11 is 0. The molecule has 0 radical (unpaired) electrons. The van der Waals surface area contributed by atoms with Gasteiger partial charge in [-0.3, -0.25) is 9.59 Å². The predicted octanol–water partition coefficient (Wildman–Crippen LogP) is -8.01. The Kier molecular flexibility index (Phi) is 15.9. The van der Waals surface area contributed by atoms with Crippen molar-refractivity contribution in [2.24, 2.45) is 5.92 Å². The van der Waals surface area contributed by atoms with Gasteiger partial charge in [0.1, 0.15) is 85.4 Å². The summed E-state index contributed by atoms with van der Waals surface area (Å²) in [5, 5.41) is 128. The van der Waals surface area contributed by atoms with Crippen molar-refractivity contribution in [2.75, 3.05) is 26.4 Å². The van der Waals surface area contributed by atoms with Gasteiger partial charge in [-0.2, -0.15) is 0 Å². The number of amides is 1. The molecular formula is C31H53NO22. The van der Waals surface area contributed by atoms with Crippen LogP contribution in [-0.4, -0.2) is 222 Å². The van der Waals surface area contributed by atoms with Crippen molar-refractivity contribution < 1.29 is 109 Å². The van der Waals surface area contributed by atoms with Crippen LogP contribution in [0.5, 0.6) is 0 Å². The molecule has 4 aliphatic heterocycles. The zero-order chi connectivity index (χ0) is 40.2. The molecule has 314 valence electrons. The van der Waals surface area contributed by atoms with Crippen LogP contribution in [-0.2, 0) is 47.5 Å². The quantitative estimate of drug-likeness (QED) is 0.0541. The molecule has 0 bridgehead atoms. The molecular weight excluding hydrogens is 738 g/mol. The average molecular weight is 792 g/mol. The van der Waals surface area contributed by atoms with Gasteiger partial charge in [-0.05, 0) is 6.92 Å². The third-order valence-electron chi connectivity index (χ3n) is 10.1. The van der Waals surface area contributed by atoms with Crippen LogP contribution in [0.25, 0.3) is 0 Å². The summed E-state index contributed by atoms with van der Waals surface area (Å²) in [7, 11) is 0. The largest absolute Gasteiger partial charge is 0.410 e. The zero-order valence-corrected chi connectivity index (χ0v) is 29.6. The van der Waals surface area contributed by atoms with Crippen LogP contribution in [0.1, 0.15) is 27.2 Å². The van der Waals surface area contributed by atoms with Crippen LogP contribution in [0, 0.1) is 5.92 Å². The molecule has 21 unspecified atom stereocenters. The first kappa shape index (κ1) is 44.9. The molecule has 0 saturated carbocycles. The summed E-state index contributed by atoms with van der Waals surface area (Å²) in [5.74, 6) is -4.33. The summed E-state index contributed by atoms with van der Waals surface area (Å²) in [4.78, 5) is 23.9. The molecule has 0 aliphatic carbocycles. The van der Waals surface area contributed by atoms with Gasteiger partial charge >= 0.3 is 5.97 Å². The number of aliphatic hydroxyl groups is 12. The number of hydrogen-bond acceptors (Lipinski definition) is 22. The van der Waals surface area contributed by atoms with E-state index in [4.69, 9.17) is 37.9 Å². The number of rotatable bonds is 15. The van der Waals surface area contributed by atoms with E-state index < -0.39 is 167 Å². The monoisotopic (exact) mass is 791 g/mol. The molecule has 4 aliphatic rings. The number of hydrogen-bond donors (Lipinski definition) is 13. The Labute approximate surface area is 308 Å². The van der Waals surface area contributed by atoms with Crippen LogP contribution in [0.3, 0.4) is 0 Å². The Morgan fingerprint density at radius 3 is 1.96 bits per heavy atom. The molecule has 0 aromatic carbocycles. The van der Waals surface area contributed by atoms with Crippen molar-refractivity contribution in [1.29, 1.82) is 0 Å². The van der Waals surface area contributed by atoms with Crippen LogP contribution in [0.4, 0.5) is 0 Å². The molecule has 0 aromatic heterocycles. The Morgan fingerprint density at radius 2 is 1.39 bits per heavy atom. The van der Waals surface area contributed by atoms with Gasteiger partial charge in [0, 0.05) is 12.8 Å². The highest BCUT2D eigenvalue weighted by Crippen LogP contribution is 2.40. The van der Waals surface area contributed by atoms with Gasteiger partial charge in [-0.15, -0.1) is 0 Å². The minimum Gasteiger partial charge on any atom is -0.410 e. The van der Waals surface area contributed by atoms with E-state index in [1.165, 1.54) is 13.8 Å². The summed E-state index contributed by atoms with van der Waals surface area (Å²) in [6.45, 7) is 0.420. The van der Waals surface area contributed by atoms with Crippen LogP contribution >= 0.6 is 0 Å². The van der Waals surface area contributed by atoms with Crippen molar-refractivity contribution in [1.82, 2.24) is 5.32 Å². The van der Waals surface area contributed by atoms with E-state index >= 15 is 0 Å². The second-order valence-electron chi connectivity index (χ2n) is 13.8. The van der Waals surface area contributed by atoms with Crippen LogP contribution in [0.2, 0.25) is 0 Å².